The zero-order valence-corrected chi connectivity index (χ0v) is 14.1. The molecule has 22 heavy (non-hydrogen) atoms. The van der Waals surface area contributed by atoms with Crippen LogP contribution in [0.15, 0.2) is 24.3 Å². The molecule has 0 aromatic heterocycles. The molecule has 2 aliphatic rings. The fourth-order valence-electron chi connectivity index (χ4n) is 4.30. The Labute approximate surface area is 135 Å². The summed E-state index contributed by atoms with van der Waals surface area (Å²) in [5.41, 5.74) is 3.07. The third kappa shape index (κ3) is 3.37. The quantitative estimate of drug-likeness (QED) is 0.904. The van der Waals surface area contributed by atoms with Crippen molar-refractivity contribution < 1.29 is 4.74 Å². The number of hydrogen-bond acceptors (Lipinski definition) is 3. The van der Waals surface area contributed by atoms with E-state index in [2.05, 4.69) is 48.3 Å². The number of ether oxygens (including phenoxy) is 1. The van der Waals surface area contributed by atoms with Crippen molar-refractivity contribution in [1.82, 2.24) is 10.2 Å². The summed E-state index contributed by atoms with van der Waals surface area (Å²) in [7, 11) is 0. The number of benzene rings is 1. The van der Waals surface area contributed by atoms with E-state index in [4.69, 9.17) is 4.74 Å². The monoisotopic (exact) mass is 302 g/mol. The first-order chi connectivity index (χ1) is 10.7. The Morgan fingerprint density at radius 2 is 1.95 bits per heavy atom. The van der Waals surface area contributed by atoms with E-state index in [1.807, 2.05) is 0 Å². The van der Waals surface area contributed by atoms with Crippen LogP contribution in [0.3, 0.4) is 0 Å². The summed E-state index contributed by atoms with van der Waals surface area (Å²) in [6.45, 7) is 9.50. The number of morpholine rings is 1. The zero-order chi connectivity index (χ0) is 15.4. The van der Waals surface area contributed by atoms with Gasteiger partial charge in [0, 0.05) is 31.2 Å². The average Bonchev–Trinajstić information content (AvgIpc) is 3.04. The van der Waals surface area contributed by atoms with Gasteiger partial charge in [-0.25, -0.2) is 0 Å². The van der Waals surface area contributed by atoms with Crippen molar-refractivity contribution in [2.75, 3.05) is 26.3 Å². The van der Waals surface area contributed by atoms with Crippen LogP contribution in [0.1, 0.15) is 43.7 Å². The Bertz CT molecular complexity index is 476. The Morgan fingerprint density at radius 1 is 1.23 bits per heavy atom. The molecule has 1 heterocycles. The van der Waals surface area contributed by atoms with Gasteiger partial charge in [0.15, 0.2) is 0 Å². The molecule has 1 N–H and O–H groups in total. The molecule has 1 atom stereocenters. The van der Waals surface area contributed by atoms with E-state index in [0.29, 0.717) is 11.6 Å². The van der Waals surface area contributed by atoms with Gasteiger partial charge in [0.05, 0.1) is 13.2 Å². The molecule has 0 radical (unpaired) electrons. The SMILES string of the molecule is Cc1cccc(CN[C@H](C)C2(N3CCOCC3)CCCC2)c1. The summed E-state index contributed by atoms with van der Waals surface area (Å²) < 4.78 is 5.56. The highest BCUT2D eigenvalue weighted by atomic mass is 16.5. The van der Waals surface area contributed by atoms with E-state index >= 15 is 0 Å². The molecular weight excluding hydrogens is 272 g/mol. The number of rotatable bonds is 5. The van der Waals surface area contributed by atoms with Crippen molar-refractivity contribution in [2.24, 2.45) is 0 Å². The lowest BCUT2D eigenvalue weighted by Crippen LogP contribution is -2.61. The zero-order valence-electron chi connectivity index (χ0n) is 14.1. The lowest BCUT2D eigenvalue weighted by Gasteiger charge is -2.47. The van der Waals surface area contributed by atoms with Gasteiger partial charge in [0.2, 0.25) is 0 Å². The van der Waals surface area contributed by atoms with Crippen LogP contribution in [-0.4, -0.2) is 42.8 Å². The van der Waals surface area contributed by atoms with Gasteiger partial charge in [0.1, 0.15) is 0 Å². The van der Waals surface area contributed by atoms with Crippen molar-refractivity contribution in [3.63, 3.8) is 0 Å². The molecule has 3 rings (SSSR count). The van der Waals surface area contributed by atoms with Crippen molar-refractivity contribution in [3.05, 3.63) is 35.4 Å². The van der Waals surface area contributed by atoms with E-state index in [1.54, 1.807) is 0 Å². The molecule has 3 nitrogen and oxygen atoms in total. The molecule has 0 spiro atoms. The molecule has 1 aromatic rings. The smallest absolute Gasteiger partial charge is 0.0594 e. The van der Waals surface area contributed by atoms with Crippen LogP contribution < -0.4 is 5.32 Å². The van der Waals surface area contributed by atoms with Crippen LogP contribution in [0.4, 0.5) is 0 Å². The fraction of sp³-hybridized carbons (Fsp3) is 0.684. The molecule has 1 aliphatic carbocycles. The highest BCUT2D eigenvalue weighted by Crippen LogP contribution is 2.38. The molecule has 122 valence electrons. The summed E-state index contributed by atoms with van der Waals surface area (Å²) >= 11 is 0. The van der Waals surface area contributed by atoms with Gasteiger partial charge in [-0.15, -0.1) is 0 Å². The van der Waals surface area contributed by atoms with E-state index in [1.165, 1.54) is 36.8 Å². The molecule has 0 amide bonds. The maximum absolute atomic E-state index is 5.56. The Hall–Kier alpha value is -0.900. The number of nitrogens with zero attached hydrogens (tertiary/aromatic N) is 1. The van der Waals surface area contributed by atoms with Crippen LogP contribution in [0.25, 0.3) is 0 Å². The van der Waals surface area contributed by atoms with E-state index < -0.39 is 0 Å². The van der Waals surface area contributed by atoms with Gasteiger partial charge >= 0.3 is 0 Å². The first-order valence-corrected chi connectivity index (χ1v) is 8.82. The van der Waals surface area contributed by atoms with Gasteiger partial charge in [-0.3, -0.25) is 4.90 Å². The van der Waals surface area contributed by atoms with Crippen LogP contribution in [-0.2, 0) is 11.3 Å². The van der Waals surface area contributed by atoms with Crippen LogP contribution in [0, 0.1) is 6.92 Å². The minimum atomic E-state index is 0.341. The molecule has 1 saturated carbocycles. The highest BCUT2D eigenvalue weighted by molar-refractivity contribution is 5.22. The molecule has 1 aliphatic heterocycles. The first-order valence-electron chi connectivity index (χ1n) is 8.82. The first kappa shape index (κ1) is 16.0. The predicted molar refractivity (Wildman–Crippen MR) is 91.1 cm³/mol. The minimum Gasteiger partial charge on any atom is -0.379 e. The maximum Gasteiger partial charge on any atom is 0.0594 e. The fourth-order valence-corrected chi connectivity index (χ4v) is 4.30. The van der Waals surface area contributed by atoms with Crippen LogP contribution >= 0.6 is 0 Å². The molecule has 3 heteroatoms. The van der Waals surface area contributed by atoms with Crippen molar-refractivity contribution in [3.8, 4) is 0 Å². The lowest BCUT2D eigenvalue weighted by atomic mass is 9.86. The van der Waals surface area contributed by atoms with Gasteiger partial charge in [-0.05, 0) is 32.3 Å². The summed E-state index contributed by atoms with van der Waals surface area (Å²) in [6.07, 6.45) is 5.39. The number of hydrogen-bond donors (Lipinski definition) is 1. The van der Waals surface area contributed by atoms with Gasteiger partial charge in [-0.2, -0.15) is 0 Å². The second-order valence-electron chi connectivity index (χ2n) is 7.00. The normalized spacial score (nSPS) is 23.5. The Balaban J connectivity index is 1.66. The highest BCUT2D eigenvalue weighted by Gasteiger charge is 2.44. The van der Waals surface area contributed by atoms with Gasteiger partial charge in [0.25, 0.3) is 0 Å². The number of nitrogens with one attached hydrogen (secondary N) is 1. The average molecular weight is 302 g/mol. The van der Waals surface area contributed by atoms with E-state index in [9.17, 15) is 0 Å². The second kappa shape index (κ2) is 7.12. The second-order valence-corrected chi connectivity index (χ2v) is 7.00. The van der Waals surface area contributed by atoms with Crippen LogP contribution in [0.2, 0.25) is 0 Å². The lowest BCUT2D eigenvalue weighted by molar-refractivity contribution is -0.0334. The summed E-state index contributed by atoms with van der Waals surface area (Å²) in [5.74, 6) is 0. The molecule has 2 fully saturated rings. The van der Waals surface area contributed by atoms with Gasteiger partial charge < -0.3 is 10.1 Å². The third-order valence-corrected chi connectivity index (χ3v) is 5.61. The summed E-state index contributed by atoms with van der Waals surface area (Å²) in [6, 6.07) is 9.36. The largest absolute Gasteiger partial charge is 0.379 e. The minimum absolute atomic E-state index is 0.341. The molecule has 1 saturated heterocycles. The standard InChI is InChI=1S/C19H30N2O/c1-16-6-5-7-18(14-16)15-20-17(2)19(8-3-4-9-19)21-10-12-22-13-11-21/h5-7,14,17,20H,3-4,8-13,15H2,1-2H3/t17-/m1/s1. The summed E-state index contributed by atoms with van der Waals surface area (Å²) in [4.78, 5) is 2.71. The number of aryl methyl sites for hydroxylation is 1. The molecule has 0 bridgehead atoms. The topological polar surface area (TPSA) is 24.5 Å². The Morgan fingerprint density at radius 3 is 2.64 bits per heavy atom. The van der Waals surface area contributed by atoms with Crippen molar-refractivity contribution in [1.29, 1.82) is 0 Å². The third-order valence-electron chi connectivity index (χ3n) is 5.61. The predicted octanol–water partition coefficient (Wildman–Crippen LogP) is 3.12. The summed E-state index contributed by atoms with van der Waals surface area (Å²) in [5, 5.41) is 3.82. The van der Waals surface area contributed by atoms with E-state index in [0.717, 1.165) is 32.8 Å². The van der Waals surface area contributed by atoms with Crippen molar-refractivity contribution in [2.45, 2.75) is 57.7 Å². The Kier molecular flexibility index (Phi) is 5.17. The van der Waals surface area contributed by atoms with Gasteiger partial charge in [-0.1, -0.05) is 42.7 Å². The van der Waals surface area contributed by atoms with Crippen molar-refractivity contribution >= 4 is 0 Å². The molecular formula is C19H30N2O. The van der Waals surface area contributed by atoms with Crippen LogP contribution in [0.5, 0.6) is 0 Å². The van der Waals surface area contributed by atoms with E-state index in [-0.39, 0.29) is 0 Å². The molecule has 1 aromatic carbocycles. The maximum atomic E-state index is 5.56. The molecule has 0 unspecified atom stereocenters.